The van der Waals surface area contributed by atoms with Gasteiger partial charge in [-0.25, -0.2) is 4.98 Å². The summed E-state index contributed by atoms with van der Waals surface area (Å²) in [4.78, 5) is 4.37. The highest BCUT2D eigenvalue weighted by Gasteiger charge is 2.09. The maximum atomic E-state index is 5.94. The van der Waals surface area contributed by atoms with Gasteiger partial charge in [0.2, 0.25) is 0 Å². The number of nitrogens with zero attached hydrogens (tertiary/aromatic N) is 1. The van der Waals surface area contributed by atoms with Crippen LogP contribution in [0.3, 0.4) is 0 Å². The number of nitrogens with two attached hydrogens (primary N) is 1. The van der Waals surface area contributed by atoms with E-state index < -0.39 is 0 Å². The summed E-state index contributed by atoms with van der Waals surface area (Å²) < 4.78 is 6.80. The highest BCUT2D eigenvalue weighted by molar-refractivity contribution is 9.10. The Morgan fingerprint density at radius 1 is 1.50 bits per heavy atom. The Labute approximate surface area is 119 Å². The van der Waals surface area contributed by atoms with Crippen LogP contribution in [-0.2, 0) is 6.61 Å². The third-order valence-electron chi connectivity index (χ3n) is 2.50. The number of hydrogen-bond acceptors (Lipinski definition) is 4. The Kier molecular flexibility index (Phi) is 4.37. The van der Waals surface area contributed by atoms with Crippen molar-refractivity contribution in [1.82, 2.24) is 4.98 Å². The molecule has 2 aromatic rings. The first-order valence-corrected chi connectivity index (χ1v) is 7.32. The van der Waals surface area contributed by atoms with Gasteiger partial charge in [0.25, 0.3) is 0 Å². The molecule has 1 aromatic heterocycles. The molecule has 2 rings (SSSR count). The van der Waals surface area contributed by atoms with Crippen molar-refractivity contribution in [2.45, 2.75) is 26.5 Å². The topological polar surface area (TPSA) is 48.1 Å². The summed E-state index contributed by atoms with van der Waals surface area (Å²) in [7, 11) is 0. The van der Waals surface area contributed by atoms with Crippen molar-refractivity contribution < 1.29 is 4.74 Å². The van der Waals surface area contributed by atoms with Crippen LogP contribution >= 0.6 is 27.3 Å². The first kappa shape index (κ1) is 13.5. The number of rotatable bonds is 4. The Morgan fingerprint density at radius 3 is 2.89 bits per heavy atom. The summed E-state index contributed by atoms with van der Waals surface area (Å²) in [5.74, 6) is 0.818. The molecule has 1 aromatic carbocycles. The average Bonchev–Trinajstić information content (AvgIpc) is 2.73. The van der Waals surface area contributed by atoms with Crippen molar-refractivity contribution >= 4 is 27.3 Å². The molecule has 0 spiro atoms. The smallest absolute Gasteiger partial charge is 0.131 e. The van der Waals surface area contributed by atoms with E-state index >= 15 is 0 Å². The Bertz CT molecular complexity index is 540. The SMILES string of the molecule is Cc1nc(COc2ccc(Br)cc2[C@H](C)N)cs1. The van der Waals surface area contributed by atoms with E-state index in [9.17, 15) is 0 Å². The first-order valence-electron chi connectivity index (χ1n) is 5.65. The van der Waals surface area contributed by atoms with Crippen LogP contribution in [-0.4, -0.2) is 4.98 Å². The van der Waals surface area contributed by atoms with E-state index in [0.717, 1.165) is 26.5 Å². The maximum absolute atomic E-state index is 5.94. The molecule has 0 radical (unpaired) electrons. The quantitative estimate of drug-likeness (QED) is 0.929. The predicted molar refractivity (Wildman–Crippen MR) is 77.9 cm³/mol. The molecule has 18 heavy (non-hydrogen) atoms. The van der Waals surface area contributed by atoms with Crippen LogP contribution in [0.1, 0.15) is 29.2 Å². The highest BCUT2D eigenvalue weighted by atomic mass is 79.9. The number of benzene rings is 1. The molecule has 1 heterocycles. The molecule has 0 aliphatic heterocycles. The Balaban J connectivity index is 2.13. The molecule has 96 valence electrons. The molecule has 0 aliphatic rings. The standard InChI is InChI=1S/C13H15BrN2OS/c1-8(15)12-5-10(14)3-4-13(12)17-6-11-7-18-9(2)16-11/h3-5,7-8H,6,15H2,1-2H3/t8-/m0/s1. The number of halogens is 1. The van der Waals surface area contributed by atoms with Gasteiger partial charge >= 0.3 is 0 Å². The zero-order chi connectivity index (χ0) is 13.1. The molecule has 0 saturated carbocycles. The normalized spacial score (nSPS) is 12.4. The van der Waals surface area contributed by atoms with E-state index in [1.807, 2.05) is 37.4 Å². The lowest BCUT2D eigenvalue weighted by atomic mass is 10.1. The molecule has 1 atom stereocenters. The minimum absolute atomic E-state index is 0.0605. The molecule has 0 fully saturated rings. The summed E-state index contributed by atoms with van der Waals surface area (Å²) >= 11 is 5.07. The van der Waals surface area contributed by atoms with Gasteiger partial charge in [-0.2, -0.15) is 0 Å². The van der Waals surface area contributed by atoms with Gasteiger partial charge in [0, 0.05) is 21.5 Å². The number of ether oxygens (including phenoxy) is 1. The Hall–Kier alpha value is -0.910. The lowest BCUT2D eigenvalue weighted by Crippen LogP contribution is -2.08. The van der Waals surface area contributed by atoms with Crippen LogP contribution < -0.4 is 10.5 Å². The maximum Gasteiger partial charge on any atom is 0.131 e. The fourth-order valence-corrected chi connectivity index (χ4v) is 2.61. The summed E-state index contributed by atoms with van der Waals surface area (Å²) in [6.45, 7) is 4.41. The summed E-state index contributed by atoms with van der Waals surface area (Å²) in [5.41, 5.74) is 7.89. The monoisotopic (exact) mass is 326 g/mol. The molecule has 0 amide bonds. The van der Waals surface area contributed by atoms with Gasteiger partial charge in [0.1, 0.15) is 12.4 Å². The fraction of sp³-hybridized carbons (Fsp3) is 0.308. The van der Waals surface area contributed by atoms with Crippen molar-refractivity contribution in [2.75, 3.05) is 0 Å². The zero-order valence-electron chi connectivity index (χ0n) is 10.3. The van der Waals surface area contributed by atoms with Gasteiger partial charge in [-0.15, -0.1) is 11.3 Å². The third-order valence-corrected chi connectivity index (χ3v) is 3.82. The van der Waals surface area contributed by atoms with Gasteiger partial charge < -0.3 is 10.5 Å². The molecule has 2 N–H and O–H groups in total. The van der Waals surface area contributed by atoms with Crippen molar-refractivity contribution in [3.63, 3.8) is 0 Å². The molecule has 5 heteroatoms. The van der Waals surface area contributed by atoms with Crippen LogP contribution in [0.5, 0.6) is 5.75 Å². The lowest BCUT2D eigenvalue weighted by Gasteiger charge is -2.13. The van der Waals surface area contributed by atoms with Crippen molar-refractivity contribution in [3.8, 4) is 5.75 Å². The average molecular weight is 327 g/mol. The zero-order valence-corrected chi connectivity index (χ0v) is 12.7. The lowest BCUT2D eigenvalue weighted by molar-refractivity contribution is 0.297. The molecule has 0 saturated heterocycles. The van der Waals surface area contributed by atoms with Gasteiger partial charge in [0.15, 0.2) is 0 Å². The number of aromatic nitrogens is 1. The van der Waals surface area contributed by atoms with Gasteiger partial charge in [-0.05, 0) is 32.0 Å². The van der Waals surface area contributed by atoms with E-state index in [1.165, 1.54) is 0 Å². The first-order chi connectivity index (χ1) is 8.56. The molecule has 3 nitrogen and oxygen atoms in total. The van der Waals surface area contributed by atoms with Crippen LogP contribution in [0, 0.1) is 6.92 Å². The van der Waals surface area contributed by atoms with E-state index in [1.54, 1.807) is 11.3 Å². The molecular weight excluding hydrogens is 312 g/mol. The van der Waals surface area contributed by atoms with Crippen LogP contribution in [0.2, 0.25) is 0 Å². The summed E-state index contributed by atoms with van der Waals surface area (Å²) in [6.07, 6.45) is 0. The predicted octanol–water partition coefficient (Wildman–Crippen LogP) is 3.81. The van der Waals surface area contributed by atoms with Crippen LogP contribution in [0.15, 0.2) is 28.1 Å². The highest BCUT2D eigenvalue weighted by Crippen LogP contribution is 2.28. The van der Waals surface area contributed by atoms with E-state index in [0.29, 0.717) is 6.61 Å². The summed E-state index contributed by atoms with van der Waals surface area (Å²) in [5, 5.41) is 3.07. The van der Waals surface area contributed by atoms with Gasteiger partial charge in [-0.1, -0.05) is 15.9 Å². The van der Waals surface area contributed by atoms with Gasteiger partial charge in [-0.3, -0.25) is 0 Å². The van der Waals surface area contributed by atoms with Crippen molar-refractivity contribution in [1.29, 1.82) is 0 Å². The van der Waals surface area contributed by atoms with Crippen LogP contribution in [0.25, 0.3) is 0 Å². The minimum atomic E-state index is -0.0605. The fourth-order valence-electron chi connectivity index (χ4n) is 1.63. The number of thiazole rings is 1. The second kappa shape index (κ2) is 5.82. The van der Waals surface area contributed by atoms with Crippen molar-refractivity contribution in [2.24, 2.45) is 5.73 Å². The van der Waals surface area contributed by atoms with E-state index in [4.69, 9.17) is 10.5 Å². The minimum Gasteiger partial charge on any atom is -0.487 e. The van der Waals surface area contributed by atoms with Gasteiger partial charge in [0.05, 0.1) is 10.7 Å². The molecular formula is C13H15BrN2OS. The molecule has 0 aliphatic carbocycles. The Morgan fingerprint density at radius 2 is 2.28 bits per heavy atom. The van der Waals surface area contributed by atoms with E-state index in [-0.39, 0.29) is 6.04 Å². The molecule has 0 bridgehead atoms. The number of aryl methyl sites for hydroxylation is 1. The second-order valence-corrected chi connectivity index (χ2v) is 6.10. The third kappa shape index (κ3) is 3.31. The molecule has 0 unspecified atom stereocenters. The van der Waals surface area contributed by atoms with E-state index in [2.05, 4.69) is 20.9 Å². The largest absolute Gasteiger partial charge is 0.487 e. The van der Waals surface area contributed by atoms with Crippen molar-refractivity contribution in [3.05, 3.63) is 44.3 Å². The second-order valence-electron chi connectivity index (χ2n) is 4.12. The number of hydrogen-bond donors (Lipinski definition) is 1. The summed E-state index contributed by atoms with van der Waals surface area (Å²) in [6, 6.07) is 5.82. The van der Waals surface area contributed by atoms with Crippen LogP contribution in [0.4, 0.5) is 0 Å².